The Kier molecular flexibility index (Phi) is 8.42. The smallest absolute Gasteiger partial charge is 0.337 e. The number of phenolic OH excluding ortho intramolecular Hbond substituents is 1. The molecule has 0 saturated heterocycles. The molecule has 0 spiro atoms. The second-order valence-corrected chi connectivity index (χ2v) is 8.39. The summed E-state index contributed by atoms with van der Waals surface area (Å²) >= 11 is 0. The molecule has 11 heteroatoms. The number of methoxy groups -OCH3 is 1. The molecule has 0 aliphatic rings. The quantitative estimate of drug-likeness (QED) is 0.176. The number of benzene rings is 2. The molecular formula is C28H26N4O7. The number of pyridine rings is 2. The maximum atomic E-state index is 11.5. The van der Waals surface area contributed by atoms with Crippen molar-refractivity contribution >= 4 is 23.3 Å². The Labute approximate surface area is 223 Å². The molecule has 0 unspecified atom stereocenters. The lowest BCUT2D eigenvalue weighted by molar-refractivity contribution is 0.0687. The number of nitrogens with zero attached hydrogens (tertiary/aromatic N) is 2. The fraction of sp³-hybridized carbons (Fsp3) is 0.143. The van der Waals surface area contributed by atoms with Crippen molar-refractivity contribution < 1.29 is 34.4 Å². The fourth-order valence-corrected chi connectivity index (χ4v) is 3.80. The van der Waals surface area contributed by atoms with Crippen molar-refractivity contribution in [1.29, 1.82) is 0 Å². The topological polar surface area (TPSA) is 163 Å². The van der Waals surface area contributed by atoms with Gasteiger partial charge in [-0.2, -0.15) is 0 Å². The molecule has 2 aromatic carbocycles. The number of aromatic carboxylic acids is 2. The molecule has 0 fully saturated rings. The van der Waals surface area contributed by atoms with Gasteiger partial charge >= 0.3 is 11.9 Å². The van der Waals surface area contributed by atoms with E-state index < -0.39 is 11.9 Å². The van der Waals surface area contributed by atoms with Gasteiger partial charge in [0, 0.05) is 42.7 Å². The number of aromatic nitrogens is 2. The Morgan fingerprint density at radius 3 is 2.03 bits per heavy atom. The minimum Gasteiger partial charge on any atom is -0.508 e. The van der Waals surface area contributed by atoms with Crippen molar-refractivity contribution in [2.45, 2.75) is 19.7 Å². The first-order chi connectivity index (χ1) is 18.9. The highest BCUT2D eigenvalue weighted by molar-refractivity contribution is 5.94. The van der Waals surface area contributed by atoms with Gasteiger partial charge in [0.25, 0.3) is 0 Å². The molecule has 5 N–H and O–H groups in total. The van der Waals surface area contributed by atoms with Gasteiger partial charge in [0.05, 0.1) is 42.0 Å². The predicted octanol–water partition coefficient (Wildman–Crippen LogP) is 4.39. The summed E-state index contributed by atoms with van der Waals surface area (Å²) in [7, 11) is 1.54. The van der Waals surface area contributed by atoms with Crippen LogP contribution < -0.4 is 20.1 Å². The number of hydrogen-bond acceptors (Lipinski definition) is 9. The third kappa shape index (κ3) is 6.72. The Hall–Kier alpha value is -5.32. The Morgan fingerprint density at radius 1 is 0.821 bits per heavy atom. The molecule has 0 saturated carbocycles. The molecule has 0 atom stereocenters. The second kappa shape index (κ2) is 12.3. The first kappa shape index (κ1) is 26.7. The highest BCUT2D eigenvalue weighted by Crippen LogP contribution is 2.28. The predicted molar refractivity (Wildman–Crippen MR) is 142 cm³/mol. The summed E-state index contributed by atoms with van der Waals surface area (Å²) in [6.45, 7) is 0.595. The van der Waals surface area contributed by atoms with Crippen LogP contribution >= 0.6 is 0 Å². The van der Waals surface area contributed by atoms with E-state index in [0.29, 0.717) is 28.4 Å². The van der Waals surface area contributed by atoms with Gasteiger partial charge in [-0.1, -0.05) is 6.07 Å². The third-order valence-corrected chi connectivity index (χ3v) is 5.85. The molecule has 2 aromatic heterocycles. The molecule has 200 valence electrons. The largest absolute Gasteiger partial charge is 0.508 e. The van der Waals surface area contributed by atoms with Gasteiger partial charge in [0.15, 0.2) is 0 Å². The minimum atomic E-state index is -1.09. The van der Waals surface area contributed by atoms with E-state index in [9.17, 15) is 24.9 Å². The molecule has 0 bridgehead atoms. The zero-order valence-corrected chi connectivity index (χ0v) is 20.9. The van der Waals surface area contributed by atoms with Gasteiger partial charge < -0.3 is 35.4 Å². The van der Waals surface area contributed by atoms with Crippen molar-refractivity contribution in [2.75, 3.05) is 17.7 Å². The van der Waals surface area contributed by atoms with Crippen molar-refractivity contribution in [2.24, 2.45) is 0 Å². The summed E-state index contributed by atoms with van der Waals surface area (Å²) in [5, 5.41) is 35.2. The number of carboxylic acids is 2. The van der Waals surface area contributed by atoms with Gasteiger partial charge in [-0.15, -0.1) is 0 Å². The number of phenols is 1. The van der Waals surface area contributed by atoms with Crippen LogP contribution in [0.4, 0.5) is 11.4 Å². The van der Waals surface area contributed by atoms with E-state index in [2.05, 4.69) is 20.6 Å². The van der Waals surface area contributed by atoms with Crippen LogP contribution in [-0.4, -0.2) is 44.3 Å². The maximum Gasteiger partial charge on any atom is 0.337 e. The number of nitrogens with one attached hydrogen (secondary N) is 2. The number of rotatable bonds is 12. The van der Waals surface area contributed by atoms with Crippen molar-refractivity contribution in [3.8, 4) is 17.2 Å². The first-order valence-electron chi connectivity index (χ1n) is 11.8. The molecule has 0 radical (unpaired) electrons. The van der Waals surface area contributed by atoms with Crippen LogP contribution in [0.1, 0.15) is 37.4 Å². The van der Waals surface area contributed by atoms with Crippen molar-refractivity contribution in [3.05, 3.63) is 101 Å². The molecule has 0 aliphatic carbocycles. The summed E-state index contributed by atoms with van der Waals surface area (Å²) in [5.41, 5.74) is 2.95. The lowest BCUT2D eigenvalue weighted by Gasteiger charge is -2.16. The van der Waals surface area contributed by atoms with Crippen LogP contribution in [0.25, 0.3) is 0 Å². The number of anilines is 2. The number of ether oxygens (including phenoxy) is 2. The average Bonchev–Trinajstić information content (AvgIpc) is 2.95. The van der Waals surface area contributed by atoms with Gasteiger partial charge in [-0.25, -0.2) is 9.59 Å². The van der Waals surface area contributed by atoms with Gasteiger partial charge in [0.2, 0.25) is 0 Å². The van der Waals surface area contributed by atoms with E-state index in [0.717, 1.165) is 11.1 Å². The van der Waals surface area contributed by atoms with Gasteiger partial charge in [-0.05, 0) is 42.0 Å². The summed E-state index contributed by atoms with van der Waals surface area (Å²) in [4.78, 5) is 30.9. The van der Waals surface area contributed by atoms with E-state index in [1.165, 1.54) is 36.9 Å². The van der Waals surface area contributed by atoms with Gasteiger partial charge in [-0.3, -0.25) is 9.97 Å². The monoisotopic (exact) mass is 530 g/mol. The minimum absolute atomic E-state index is 0.0454. The van der Waals surface area contributed by atoms with Crippen LogP contribution in [0.5, 0.6) is 17.2 Å². The van der Waals surface area contributed by atoms with E-state index in [4.69, 9.17) is 9.47 Å². The van der Waals surface area contributed by atoms with E-state index in [1.807, 2.05) is 6.07 Å². The van der Waals surface area contributed by atoms with Crippen LogP contribution in [0.2, 0.25) is 0 Å². The van der Waals surface area contributed by atoms with Crippen LogP contribution in [0.3, 0.4) is 0 Å². The molecule has 11 nitrogen and oxygen atoms in total. The number of hydrogen-bond donors (Lipinski definition) is 5. The molecule has 0 aliphatic heterocycles. The Morgan fingerprint density at radius 2 is 1.44 bits per heavy atom. The number of carbonyl (C=O) groups is 2. The molecule has 39 heavy (non-hydrogen) atoms. The molecule has 4 rings (SSSR count). The Bertz CT molecular complexity index is 1490. The van der Waals surface area contributed by atoms with E-state index in [-0.39, 0.29) is 36.6 Å². The fourth-order valence-electron chi connectivity index (χ4n) is 3.80. The lowest BCUT2D eigenvalue weighted by Crippen LogP contribution is -2.09. The Balaban J connectivity index is 1.48. The standard InChI is InChI=1S/C28H26N4O7/c1-38-20-4-3-18(12-31-23-14-29-8-6-21(23)27(34)35)26(11-20)39-16-17-2-5-25(33)19(10-17)13-32-24-15-30-9-7-22(24)28(36)37/h2-11,14-15,31-33H,12-13,16H2,1H3,(H,34,35)(H,36,37). The maximum absolute atomic E-state index is 11.5. The lowest BCUT2D eigenvalue weighted by atomic mass is 10.1. The van der Waals surface area contributed by atoms with Crippen molar-refractivity contribution in [3.63, 3.8) is 0 Å². The number of aromatic hydroxyl groups is 1. The van der Waals surface area contributed by atoms with Crippen LogP contribution in [-0.2, 0) is 19.7 Å². The summed E-state index contributed by atoms with van der Waals surface area (Å²) < 4.78 is 11.4. The normalized spacial score (nSPS) is 10.5. The molecule has 4 aromatic rings. The second-order valence-electron chi connectivity index (χ2n) is 8.39. The zero-order valence-electron chi connectivity index (χ0n) is 20.9. The van der Waals surface area contributed by atoms with E-state index >= 15 is 0 Å². The zero-order chi connectivity index (χ0) is 27.8. The number of carboxylic acid groups (broad SMARTS) is 2. The highest BCUT2D eigenvalue weighted by Gasteiger charge is 2.13. The summed E-state index contributed by atoms with van der Waals surface area (Å²) in [6, 6.07) is 13.2. The highest BCUT2D eigenvalue weighted by atomic mass is 16.5. The van der Waals surface area contributed by atoms with Gasteiger partial charge in [0.1, 0.15) is 23.9 Å². The van der Waals surface area contributed by atoms with E-state index in [1.54, 1.807) is 37.4 Å². The van der Waals surface area contributed by atoms with Crippen molar-refractivity contribution in [1.82, 2.24) is 9.97 Å². The average molecular weight is 531 g/mol. The SMILES string of the molecule is COc1ccc(CNc2cnccc2C(=O)O)c(OCc2ccc(O)c(CNc3cnccc3C(=O)O)c2)c1. The summed E-state index contributed by atoms with van der Waals surface area (Å²) in [5.74, 6) is -0.993. The van der Waals surface area contributed by atoms with Crippen LogP contribution in [0, 0.1) is 0 Å². The summed E-state index contributed by atoms with van der Waals surface area (Å²) in [6.07, 6.45) is 5.68. The molecular weight excluding hydrogens is 504 g/mol. The van der Waals surface area contributed by atoms with Crippen LogP contribution in [0.15, 0.2) is 73.3 Å². The molecule has 2 heterocycles. The molecule has 0 amide bonds. The first-order valence-corrected chi connectivity index (χ1v) is 11.8. The third-order valence-electron chi connectivity index (χ3n) is 5.85.